The quantitative estimate of drug-likeness (QED) is 0.408. The Balaban J connectivity index is 1.58. The predicted molar refractivity (Wildman–Crippen MR) is 138 cm³/mol. The number of nitrogens with two attached hydrogens (primary N) is 1. The van der Waals surface area contributed by atoms with Crippen LogP contribution < -0.4 is 11.1 Å². The lowest BCUT2D eigenvalue weighted by molar-refractivity contribution is -0.164. The van der Waals surface area contributed by atoms with Crippen molar-refractivity contribution in [1.29, 1.82) is 0 Å². The maximum Gasteiger partial charge on any atom is 0.335 e. The zero-order valence-electron chi connectivity index (χ0n) is 20.5. The lowest BCUT2D eigenvalue weighted by Crippen LogP contribution is -2.51. The maximum absolute atomic E-state index is 13.1. The van der Waals surface area contributed by atoms with Crippen LogP contribution in [0.3, 0.4) is 0 Å². The number of benzene rings is 2. The minimum Gasteiger partial charge on any atom is -0.459 e. The Morgan fingerprint density at radius 1 is 1.06 bits per heavy atom. The van der Waals surface area contributed by atoms with Crippen LogP contribution >= 0.6 is 11.6 Å². The topological polar surface area (TPSA) is 90.6 Å². The van der Waals surface area contributed by atoms with E-state index in [0.29, 0.717) is 30.3 Å². The van der Waals surface area contributed by atoms with Gasteiger partial charge in [-0.2, -0.15) is 0 Å². The molecule has 0 bridgehead atoms. The van der Waals surface area contributed by atoms with Gasteiger partial charge in [0.2, 0.25) is 0 Å². The fourth-order valence-electron chi connectivity index (χ4n) is 4.53. The summed E-state index contributed by atoms with van der Waals surface area (Å²) in [5.74, 6) is -0.364. The third-order valence-electron chi connectivity index (χ3n) is 6.54. The smallest absolute Gasteiger partial charge is 0.335 e. The van der Waals surface area contributed by atoms with Gasteiger partial charge in [-0.1, -0.05) is 92.2 Å². The number of amides is 1. The molecule has 1 fully saturated rings. The number of esters is 1. The fourth-order valence-corrected chi connectivity index (χ4v) is 4.76. The van der Waals surface area contributed by atoms with E-state index in [-0.39, 0.29) is 12.5 Å². The van der Waals surface area contributed by atoms with Gasteiger partial charge in [0, 0.05) is 17.6 Å². The second kappa shape index (κ2) is 14.2. The van der Waals surface area contributed by atoms with E-state index < -0.39 is 24.2 Å². The molecule has 3 rings (SSSR count). The monoisotopic (exact) mass is 500 g/mol. The molecule has 35 heavy (non-hydrogen) atoms. The molecule has 2 aromatic rings. The van der Waals surface area contributed by atoms with Crippen molar-refractivity contribution >= 4 is 23.5 Å². The number of hydrogen-bond donors (Lipinski definition) is 2. The Morgan fingerprint density at radius 3 is 2.46 bits per heavy atom. The van der Waals surface area contributed by atoms with E-state index in [1.807, 2.05) is 54.6 Å². The number of ether oxygens (including phenoxy) is 2. The number of hydrogen-bond acceptors (Lipinski definition) is 5. The molecule has 190 valence electrons. The first-order chi connectivity index (χ1) is 16.9. The molecule has 2 aromatic carbocycles. The molecule has 2 unspecified atom stereocenters. The van der Waals surface area contributed by atoms with E-state index in [1.165, 1.54) is 19.3 Å². The van der Waals surface area contributed by atoms with E-state index in [4.69, 9.17) is 26.8 Å². The number of carbonyl (C=O) groups excluding carboxylic acids is 2. The largest absolute Gasteiger partial charge is 0.459 e. The van der Waals surface area contributed by atoms with Crippen LogP contribution in [0.25, 0.3) is 0 Å². The molecular weight excluding hydrogens is 464 g/mol. The predicted octanol–water partition coefficient (Wildman–Crippen LogP) is 4.81. The normalized spacial score (nSPS) is 16.8. The van der Waals surface area contributed by atoms with Crippen LogP contribution in [0.5, 0.6) is 0 Å². The molecule has 0 spiro atoms. The van der Waals surface area contributed by atoms with Crippen LogP contribution in [0, 0.1) is 5.92 Å². The first-order valence-corrected chi connectivity index (χ1v) is 12.9. The van der Waals surface area contributed by atoms with Crippen molar-refractivity contribution in [2.75, 3.05) is 6.54 Å². The molecule has 0 saturated heterocycles. The van der Waals surface area contributed by atoms with Crippen molar-refractivity contribution in [3.05, 3.63) is 70.7 Å². The molecule has 1 saturated carbocycles. The van der Waals surface area contributed by atoms with Gasteiger partial charge in [-0.3, -0.25) is 4.79 Å². The van der Waals surface area contributed by atoms with E-state index in [9.17, 15) is 9.59 Å². The van der Waals surface area contributed by atoms with Crippen LogP contribution in [-0.2, 0) is 32.1 Å². The van der Waals surface area contributed by atoms with Crippen molar-refractivity contribution in [3.63, 3.8) is 0 Å². The summed E-state index contributed by atoms with van der Waals surface area (Å²) in [5.41, 5.74) is 8.35. The number of halogens is 1. The lowest BCUT2D eigenvalue weighted by Gasteiger charge is -2.30. The van der Waals surface area contributed by atoms with Crippen LogP contribution in [0.2, 0.25) is 5.02 Å². The lowest BCUT2D eigenvalue weighted by atomic mass is 9.84. The van der Waals surface area contributed by atoms with Crippen molar-refractivity contribution in [1.82, 2.24) is 5.32 Å². The molecule has 0 heterocycles. The highest BCUT2D eigenvalue weighted by Crippen LogP contribution is 2.28. The summed E-state index contributed by atoms with van der Waals surface area (Å²) in [5, 5.41) is 3.59. The van der Waals surface area contributed by atoms with Gasteiger partial charge in [0.15, 0.2) is 12.2 Å². The van der Waals surface area contributed by atoms with E-state index in [1.54, 1.807) is 6.92 Å². The van der Waals surface area contributed by atoms with Gasteiger partial charge in [0.25, 0.3) is 5.91 Å². The first kappa shape index (κ1) is 27.2. The summed E-state index contributed by atoms with van der Waals surface area (Å²) in [4.78, 5) is 25.7. The molecule has 3 N–H and O–H groups in total. The average molecular weight is 501 g/mol. The second-order valence-corrected chi connectivity index (χ2v) is 9.74. The van der Waals surface area contributed by atoms with E-state index in [2.05, 4.69) is 5.32 Å². The number of nitrogens with one attached hydrogen (secondary N) is 1. The van der Waals surface area contributed by atoms with Gasteiger partial charge in [-0.25, -0.2) is 4.79 Å². The van der Waals surface area contributed by atoms with Gasteiger partial charge in [-0.15, -0.1) is 0 Å². The molecular formula is C28H37ClN2O4. The zero-order chi connectivity index (χ0) is 25.0. The molecule has 0 aromatic heterocycles. The summed E-state index contributed by atoms with van der Waals surface area (Å²) in [6.45, 7) is 2.15. The van der Waals surface area contributed by atoms with Gasteiger partial charge < -0.3 is 20.5 Å². The van der Waals surface area contributed by atoms with Gasteiger partial charge in [0.05, 0.1) is 0 Å². The fraction of sp³-hybridized carbons (Fsp3) is 0.500. The molecule has 0 aliphatic heterocycles. The van der Waals surface area contributed by atoms with Crippen LogP contribution in [-0.4, -0.2) is 36.7 Å². The summed E-state index contributed by atoms with van der Waals surface area (Å²) >= 11 is 6.23. The summed E-state index contributed by atoms with van der Waals surface area (Å²) in [7, 11) is 0. The van der Waals surface area contributed by atoms with Crippen LogP contribution in [0.1, 0.15) is 56.6 Å². The Kier molecular flexibility index (Phi) is 11.0. The summed E-state index contributed by atoms with van der Waals surface area (Å²) in [6.07, 6.45) is 5.27. The standard InChI is InChI=1S/C28H37ClN2O4/c1-20(28(33)34-19-22-12-6-3-7-13-22)35-26(25(30)18-21-10-4-2-5-11-21)27(32)31-17-16-23-14-8-9-15-24(23)29/h3,6-9,12-15,20-21,25-26H,2,4-5,10-11,16-19,30H2,1H3,(H,31,32)/t20?,25-,26?/m1/s1. The molecule has 1 aliphatic rings. The third kappa shape index (κ3) is 8.95. The molecule has 7 heteroatoms. The Labute approximate surface area is 213 Å². The molecule has 1 amide bonds. The number of rotatable bonds is 12. The molecule has 0 radical (unpaired) electrons. The van der Waals surface area contributed by atoms with Crippen molar-refractivity contribution in [2.45, 2.75) is 76.7 Å². The summed E-state index contributed by atoms with van der Waals surface area (Å²) in [6, 6.07) is 16.5. The van der Waals surface area contributed by atoms with Crippen molar-refractivity contribution < 1.29 is 19.1 Å². The number of carbonyl (C=O) groups is 2. The highest BCUT2D eigenvalue weighted by molar-refractivity contribution is 6.31. The van der Waals surface area contributed by atoms with Gasteiger partial charge in [0.1, 0.15) is 6.61 Å². The van der Waals surface area contributed by atoms with Crippen LogP contribution in [0.4, 0.5) is 0 Å². The minimum absolute atomic E-state index is 0.149. The van der Waals surface area contributed by atoms with Crippen LogP contribution in [0.15, 0.2) is 54.6 Å². The Bertz CT molecular complexity index is 934. The van der Waals surface area contributed by atoms with E-state index in [0.717, 1.165) is 24.0 Å². The van der Waals surface area contributed by atoms with Crippen molar-refractivity contribution in [2.24, 2.45) is 11.7 Å². The minimum atomic E-state index is -0.942. The highest BCUT2D eigenvalue weighted by Gasteiger charge is 2.32. The highest BCUT2D eigenvalue weighted by atomic mass is 35.5. The Hall–Kier alpha value is -2.41. The molecule has 1 aliphatic carbocycles. The van der Waals surface area contributed by atoms with Gasteiger partial charge >= 0.3 is 5.97 Å². The molecule has 3 atom stereocenters. The molecule has 6 nitrogen and oxygen atoms in total. The third-order valence-corrected chi connectivity index (χ3v) is 6.90. The van der Waals surface area contributed by atoms with E-state index >= 15 is 0 Å². The maximum atomic E-state index is 13.1. The first-order valence-electron chi connectivity index (χ1n) is 12.6. The zero-order valence-corrected chi connectivity index (χ0v) is 21.2. The second-order valence-electron chi connectivity index (χ2n) is 9.33. The Morgan fingerprint density at radius 2 is 1.74 bits per heavy atom. The van der Waals surface area contributed by atoms with Crippen molar-refractivity contribution in [3.8, 4) is 0 Å². The average Bonchev–Trinajstić information content (AvgIpc) is 2.87. The summed E-state index contributed by atoms with van der Waals surface area (Å²) < 4.78 is 11.4. The SMILES string of the molecule is CC(OC(C(=O)NCCc1ccccc1Cl)[C@H](N)CC1CCCCC1)C(=O)OCc1ccccc1. The van der Waals surface area contributed by atoms with Gasteiger partial charge in [-0.05, 0) is 42.9 Å².